The lowest BCUT2D eigenvalue weighted by molar-refractivity contribution is -0.123. The number of rotatable bonds is 7. The summed E-state index contributed by atoms with van der Waals surface area (Å²) in [5, 5.41) is 0. The van der Waals surface area contributed by atoms with Gasteiger partial charge in [0.15, 0.2) is 0 Å². The van der Waals surface area contributed by atoms with Crippen molar-refractivity contribution < 1.29 is 19.1 Å². The third kappa shape index (κ3) is 5.25. The molecule has 3 fully saturated rings. The van der Waals surface area contributed by atoms with Crippen LogP contribution in [0.5, 0.6) is 5.88 Å². The van der Waals surface area contributed by atoms with E-state index in [1.807, 2.05) is 55.5 Å². The lowest BCUT2D eigenvalue weighted by Gasteiger charge is -2.41. The van der Waals surface area contributed by atoms with E-state index in [0.29, 0.717) is 56.3 Å². The highest BCUT2D eigenvalue weighted by Crippen LogP contribution is 2.42. The van der Waals surface area contributed by atoms with Crippen LogP contribution in [0.4, 0.5) is 16.3 Å². The highest BCUT2D eigenvalue weighted by atomic mass is 16.5. The summed E-state index contributed by atoms with van der Waals surface area (Å²) >= 11 is 0. The number of urea groups is 1. The molecular weight excluding hydrogens is 584 g/mol. The SMILES string of the molecule is COc1cc(N2C(=O)N(c3ccc(-c4ccc(C5CC(=O)NN5)cc4)cc3)C(=O)C23CCN(Cc2ncccc2C)CC3)ncn1. The third-order valence-electron chi connectivity index (χ3n) is 9.20. The molecule has 1 atom stereocenters. The molecule has 4 aromatic rings. The lowest BCUT2D eigenvalue weighted by atomic mass is 9.85. The number of nitrogens with zero attached hydrogens (tertiary/aromatic N) is 6. The molecule has 12 heteroatoms. The van der Waals surface area contributed by atoms with Gasteiger partial charge >= 0.3 is 6.03 Å². The number of nitrogens with one attached hydrogen (secondary N) is 2. The van der Waals surface area contributed by atoms with E-state index in [2.05, 4.69) is 30.7 Å². The molecule has 0 saturated carbocycles. The average molecular weight is 619 g/mol. The molecule has 2 aromatic heterocycles. The largest absolute Gasteiger partial charge is 0.481 e. The van der Waals surface area contributed by atoms with E-state index < -0.39 is 11.6 Å². The molecule has 2 aromatic carbocycles. The van der Waals surface area contributed by atoms with Crippen molar-refractivity contribution in [3.8, 4) is 17.0 Å². The van der Waals surface area contributed by atoms with Crippen molar-refractivity contribution in [2.24, 2.45) is 0 Å². The van der Waals surface area contributed by atoms with E-state index in [4.69, 9.17) is 4.74 Å². The van der Waals surface area contributed by atoms with Crippen LogP contribution < -0.4 is 25.4 Å². The number of amides is 4. The number of anilines is 2. The fourth-order valence-corrected chi connectivity index (χ4v) is 6.56. The van der Waals surface area contributed by atoms with Gasteiger partial charge in [-0.25, -0.2) is 25.1 Å². The summed E-state index contributed by atoms with van der Waals surface area (Å²) < 4.78 is 5.33. The van der Waals surface area contributed by atoms with Crippen molar-refractivity contribution in [3.63, 3.8) is 0 Å². The number of likely N-dealkylation sites (tertiary alicyclic amines) is 1. The number of piperidine rings is 1. The average Bonchev–Trinajstić information content (AvgIpc) is 3.61. The Balaban J connectivity index is 1.15. The maximum Gasteiger partial charge on any atom is 0.338 e. The zero-order chi connectivity index (χ0) is 31.8. The van der Waals surface area contributed by atoms with Crippen LogP contribution in [0.15, 0.2) is 79.3 Å². The Morgan fingerprint density at radius 2 is 1.65 bits per heavy atom. The maximum absolute atomic E-state index is 14.4. The molecule has 2 N–H and O–H groups in total. The predicted octanol–water partition coefficient (Wildman–Crippen LogP) is 3.93. The monoisotopic (exact) mass is 618 g/mol. The molecule has 5 heterocycles. The summed E-state index contributed by atoms with van der Waals surface area (Å²) in [6.45, 7) is 3.93. The summed E-state index contributed by atoms with van der Waals surface area (Å²) in [6, 6.07) is 20.5. The molecule has 3 aliphatic heterocycles. The van der Waals surface area contributed by atoms with Crippen molar-refractivity contribution in [2.45, 2.75) is 44.3 Å². The number of hydrazine groups is 1. The number of pyridine rings is 1. The maximum atomic E-state index is 14.4. The van der Waals surface area contributed by atoms with Gasteiger partial charge in [-0.2, -0.15) is 0 Å². The Hall–Kier alpha value is -5.20. The number of carbonyl (C=O) groups excluding carboxylic acids is 3. The highest BCUT2D eigenvalue weighted by molar-refractivity contribution is 6.30. The molecule has 0 bridgehead atoms. The normalized spacial score (nSPS) is 19.6. The molecule has 0 aliphatic carbocycles. The summed E-state index contributed by atoms with van der Waals surface area (Å²) in [5.74, 6) is 0.337. The molecule has 7 rings (SSSR count). The van der Waals surface area contributed by atoms with E-state index in [1.54, 1.807) is 24.4 Å². The number of ether oxygens (including phenoxy) is 1. The molecule has 234 valence electrons. The van der Waals surface area contributed by atoms with E-state index >= 15 is 0 Å². The second-order valence-corrected chi connectivity index (χ2v) is 11.9. The number of carbonyl (C=O) groups is 3. The van der Waals surface area contributed by atoms with E-state index in [1.165, 1.54) is 23.2 Å². The van der Waals surface area contributed by atoms with Gasteiger partial charge in [0, 0.05) is 38.3 Å². The van der Waals surface area contributed by atoms with Gasteiger partial charge in [-0.3, -0.25) is 29.8 Å². The number of benzene rings is 2. The van der Waals surface area contributed by atoms with Crippen LogP contribution in [0.2, 0.25) is 0 Å². The first-order valence-corrected chi connectivity index (χ1v) is 15.3. The summed E-state index contributed by atoms with van der Waals surface area (Å²) in [4.78, 5) is 58.4. The third-order valence-corrected chi connectivity index (χ3v) is 9.20. The summed E-state index contributed by atoms with van der Waals surface area (Å²) in [5.41, 5.74) is 10.1. The van der Waals surface area contributed by atoms with Crippen LogP contribution in [-0.2, 0) is 16.1 Å². The van der Waals surface area contributed by atoms with E-state index in [9.17, 15) is 14.4 Å². The molecule has 3 saturated heterocycles. The smallest absolute Gasteiger partial charge is 0.338 e. The van der Waals surface area contributed by atoms with Gasteiger partial charge < -0.3 is 4.74 Å². The van der Waals surface area contributed by atoms with Gasteiger partial charge in [-0.15, -0.1) is 0 Å². The standard InChI is InChI=1S/C34H34N8O4/c1-22-4-3-15-35-28(22)20-40-16-13-34(14-17-40)32(44)41(33(45)42(34)29-19-31(46-2)37-21-36-29)26-11-9-24(10-12-26)23-5-7-25(8-6-23)27-18-30(43)39-38-27/h3-12,15,19,21,27,38H,13-14,16-18,20H2,1-2H3,(H,39,43). The van der Waals surface area contributed by atoms with E-state index in [-0.39, 0.29) is 17.9 Å². The molecule has 0 radical (unpaired) electrons. The van der Waals surface area contributed by atoms with Crippen molar-refractivity contribution in [3.05, 3.63) is 96.1 Å². The van der Waals surface area contributed by atoms with Crippen molar-refractivity contribution in [1.82, 2.24) is 30.7 Å². The molecule has 1 unspecified atom stereocenters. The zero-order valence-corrected chi connectivity index (χ0v) is 25.6. The minimum atomic E-state index is -1.11. The molecule has 3 aliphatic rings. The Kier molecular flexibility index (Phi) is 7.67. The molecule has 1 spiro atoms. The van der Waals surface area contributed by atoms with Gasteiger partial charge in [-0.05, 0) is 60.2 Å². The number of imide groups is 1. The lowest BCUT2D eigenvalue weighted by Crippen LogP contribution is -2.57. The van der Waals surface area contributed by atoms with Crippen LogP contribution in [0.25, 0.3) is 11.1 Å². The molecular formula is C34H34N8O4. The second kappa shape index (κ2) is 12.0. The summed E-state index contributed by atoms with van der Waals surface area (Å²) in [7, 11) is 1.50. The van der Waals surface area contributed by atoms with Gasteiger partial charge in [0.2, 0.25) is 11.8 Å². The van der Waals surface area contributed by atoms with Crippen LogP contribution in [0, 0.1) is 6.92 Å². The molecule has 46 heavy (non-hydrogen) atoms. The number of hydrogen-bond acceptors (Lipinski definition) is 9. The van der Waals surface area contributed by atoms with Crippen LogP contribution >= 0.6 is 0 Å². The molecule has 12 nitrogen and oxygen atoms in total. The minimum absolute atomic E-state index is 0.0278. The Morgan fingerprint density at radius 1 is 0.935 bits per heavy atom. The predicted molar refractivity (Wildman–Crippen MR) is 171 cm³/mol. The van der Waals surface area contributed by atoms with Crippen molar-refractivity contribution in [1.29, 1.82) is 0 Å². The minimum Gasteiger partial charge on any atom is -0.481 e. The van der Waals surface area contributed by atoms with Gasteiger partial charge in [0.1, 0.15) is 17.7 Å². The van der Waals surface area contributed by atoms with Crippen molar-refractivity contribution >= 4 is 29.4 Å². The number of aromatic nitrogens is 3. The van der Waals surface area contributed by atoms with Crippen LogP contribution in [0.3, 0.4) is 0 Å². The number of hydrogen-bond donors (Lipinski definition) is 2. The van der Waals surface area contributed by atoms with Crippen LogP contribution in [-0.4, -0.2) is 63.4 Å². The summed E-state index contributed by atoms with van der Waals surface area (Å²) in [6.07, 6.45) is 4.41. The Bertz CT molecular complexity index is 1790. The fraction of sp³-hybridized carbons (Fsp3) is 0.294. The number of aryl methyl sites for hydroxylation is 1. The van der Waals surface area contributed by atoms with Crippen LogP contribution in [0.1, 0.15) is 42.1 Å². The quantitative estimate of drug-likeness (QED) is 0.296. The first-order chi connectivity index (χ1) is 22.4. The van der Waals surface area contributed by atoms with E-state index in [0.717, 1.165) is 27.9 Å². The zero-order valence-electron chi connectivity index (χ0n) is 25.6. The van der Waals surface area contributed by atoms with Gasteiger partial charge in [0.05, 0.1) is 24.5 Å². The fourth-order valence-electron chi connectivity index (χ4n) is 6.56. The molecule has 4 amide bonds. The highest BCUT2D eigenvalue weighted by Gasteiger charge is 2.59. The Morgan fingerprint density at radius 3 is 2.30 bits per heavy atom. The first-order valence-electron chi connectivity index (χ1n) is 15.3. The van der Waals surface area contributed by atoms with Gasteiger partial charge in [0.25, 0.3) is 5.91 Å². The number of methoxy groups -OCH3 is 1. The Labute approximate surface area is 266 Å². The first kappa shape index (κ1) is 29.5. The second-order valence-electron chi connectivity index (χ2n) is 11.9. The van der Waals surface area contributed by atoms with Gasteiger partial charge in [-0.1, -0.05) is 42.5 Å². The topological polar surface area (TPSA) is 133 Å². The van der Waals surface area contributed by atoms with Crippen molar-refractivity contribution in [2.75, 3.05) is 30.0 Å².